The van der Waals surface area contributed by atoms with Crippen LogP contribution in [0.2, 0.25) is 0 Å². The molecule has 2 aromatic heterocycles. The molecule has 2 aromatic rings. The molecule has 0 bridgehead atoms. The topological polar surface area (TPSA) is 90.9 Å². The summed E-state index contributed by atoms with van der Waals surface area (Å²) in [6.07, 6.45) is 8.20. The molecule has 6 nitrogen and oxygen atoms in total. The molecule has 0 spiro atoms. The number of nitrogens with one attached hydrogen (secondary N) is 2. The van der Waals surface area contributed by atoms with E-state index in [1.165, 1.54) is 0 Å². The normalized spacial score (nSPS) is 28.2. The average molecular weight is 300 g/mol. The monoisotopic (exact) mass is 300 g/mol. The van der Waals surface area contributed by atoms with Crippen LogP contribution >= 0.6 is 0 Å². The number of rotatable bonds is 3. The molecule has 0 aliphatic heterocycles. The van der Waals surface area contributed by atoms with Crippen molar-refractivity contribution in [2.45, 2.75) is 56.6 Å². The van der Waals surface area contributed by atoms with Crippen molar-refractivity contribution in [3.8, 4) is 0 Å². The SMILES string of the molecule is C[C@]1(O)CCC[C@H]1NC(=O)c1c[nH]c2ncc(C3CC3)nc12. The predicted octanol–water partition coefficient (Wildman–Crippen LogP) is 1.87. The number of H-pyrrole nitrogens is 1. The number of hydrogen-bond donors (Lipinski definition) is 3. The van der Waals surface area contributed by atoms with Crippen LogP contribution in [0.15, 0.2) is 12.4 Å². The van der Waals surface area contributed by atoms with Crippen molar-refractivity contribution in [2.75, 3.05) is 0 Å². The van der Waals surface area contributed by atoms with Gasteiger partial charge in [0.2, 0.25) is 0 Å². The van der Waals surface area contributed by atoms with E-state index in [-0.39, 0.29) is 11.9 Å². The van der Waals surface area contributed by atoms with Crippen molar-refractivity contribution >= 4 is 17.1 Å². The highest BCUT2D eigenvalue weighted by Crippen LogP contribution is 2.39. The molecule has 0 aromatic carbocycles. The Hall–Kier alpha value is -1.95. The van der Waals surface area contributed by atoms with Crippen LogP contribution in [0, 0.1) is 0 Å². The third-order valence-corrected chi connectivity index (χ3v) is 4.87. The van der Waals surface area contributed by atoms with E-state index in [1.54, 1.807) is 19.3 Å². The van der Waals surface area contributed by atoms with E-state index in [2.05, 4.69) is 20.3 Å². The molecule has 3 N–H and O–H groups in total. The number of aliphatic hydroxyl groups is 1. The van der Waals surface area contributed by atoms with Gasteiger partial charge < -0.3 is 15.4 Å². The Morgan fingerprint density at radius 2 is 2.27 bits per heavy atom. The van der Waals surface area contributed by atoms with Crippen molar-refractivity contribution < 1.29 is 9.90 Å². The summed E-state index contributed by atoms with van der Waals surface area (Å²) in [5.41, 5.74) is 1.90. The molecule has 0 radical (unpaired) electrons. The number of amides is 1. The second-order valence-corrected chi connectivity index (χ2v) is 6.74. The van der Waals surface area contributed by atoms with E-state index in [9.17, 15) is 9.90 Å². The lowest BCUT2D eigenvalue weighted by molar-refractivity contribution is 0.0368. The van der Waals surface area contributed by atoms with Crippen LogP contribution in [0.3, 0.4) is 0 Å². The molecule has 2 atom stereocenters. The second kappa shape index (κ2) is 4.78. The van der Waals surface area contributed by atoms with Gasteiger partial charge in [0.25, 0.3) is 5.91 Å². The minimum atomic E-state index is -0.827. The highest BCUT2D eigenvalue weighted by Gasteiger charge is 2.38. The first-order valence-corrected chi connectivity index (χ1v) is 7.92. The van der Waals surface area contributed by atoms with Gasteiger partial charge in [0.05, 0.1) is 29.1 Å². The summed E-state index contributed by atoms with van der Waals surface area (Å²) in [5, 5.41) is 13.2. The molecular formula is C16H20N4O2. The maximum absolute atomic E-state index is 12.6. The first-order valence-electron chi connectivity index (χ1n) is 7.92. The Labute approximate surface area is 128 Å². The van der Waals surface area contributed by atoms with Gasteiger partial charge in [-0.15, -0.1) is 0 Å². The van der Waals surface area contributed by atoms with Crippen molar-refractivity contribution in [1.29, 1.82) is 0 Å². The third kappa shape index (κ3) is 2.27. The van der Waals surface area contributed by atoms with Gasteiger partial charge in [0.15, 0.2) is 5.65 Å². The van der Waals surface area contributed by atoms with E-state index in [4.69, 9.17) is 0 Å². The van der Waals surface area contributed by atoms with Gasteiger partial charge >= 0.3 is 0 Å². The minimum Gasteiger partial charge on any atom is -0.388 e. The van der Waals surface area contributed by atoms with Gasteiger partial charge in [-0.2, -0.15) is 0 Å². The smallest absolute Gasteiger partial charge is 0.255 e. The fourth-order valence-corrected chi connectivity index (χ4v) is 3.27. The van der Waals surface area contributed by atoms with Gasteiger partial charge in [-0.1, -0.05) is 0 Å². The van der Waals surface area contributed by atoms with Crippen LogP contribution in [-0.2, 0) is 0 Å². The van der Waals surface area contributed by atoms with Crippen molar-refractivity contribution in [3.05, 3.63) is 23.7 Å². The predicted molar refractivity (Wildman–Crippen MR) is 81.6 cm³/mol. The lowest BCUT2D eigenvalue weighted by Gasteiger charge is -2.26. The first kappa shape index (κ1) is 13.7. The fraction of sp³-hybridized carbons (Fsp3) is 0.562. The molecule has 6 heteroatoms. The highest BCUT2D eigenvalue weighted by atomic mass is 16.3. The summed E-state index contributed by atoms with van der Waals surface area (Å²) in [6, 6.07) is -0.204. The van der Waals surface area contributed by atoms with Gasteiger partial charge in [-0.25, -0.2) is 9.97 Å². The number of nitrogens with zero attached hydrogens (tertiary/aromatic N) is 2. The van der Waals surface area contributed by atoms with Crippen LogP contribution in [0.4, 0.5) is 0 Å². The maximum Gasteiger partial charge on any atom is 0.255 e. The molecule has 4 rings (SSSR count). The Morgan fingerprint density at radius 3 is 2.95 bits per heavy atom. The average Bonchev–Trinajstić information content (AvgIpc) is 3.17. The lowest BCUT2D eigenvalue weighted by Crippen LogP contribution is -2.47. The zero-order chi connectivity index (χ0) is 15.3. The largest absolute Gasteiger partial charge is 0.388 e. The molecule has 116 valence electrons. The van der Waals surface area contributed by atoms with Gasteiger partial charge in [-0.3, -0.25) is 4.79 Å². The molecular weight excluding hydrogens is 280 g/mol. The van der Waals surface area contributed by atoms with Crippen LogP contribution in [0.1, 0.15) is 61.0 Å². The Balaban J connectivity index is 1.62. The standard InChI is InChI=1S/C16H20N4O2/c1-16(22)6-2-3-12(16)20-15(21)10-7-17-14-13(10)19-11(8-18-14)9-4-5-9/h7-9,12,22H,2-6H2,1H3,(H,17,18)(H,20,21)/t12-,16+/m1/s1. The summed E-state index contributed by atoms with van der Waals surface area (Å²) in [6.45, 7) is 1.78. The van der Waals surface area contributed by atoms with E-state index in [0.717, 1.165) is 37.8 Å². The van der Waals surface area contributed by atoms with Gasteiger partial charge in [0, 0.05) is 12.1 Å². The van der Waals surface area contributed by atoms with Crippen molar-refractivity contribution in [3.63, 3.8) is 0 Å². The van der Waals surface area contributed by atoms with E-state index < -0.39 is 5.60 Å². The molecule has 2 aliphatic rings. The highest BCUT2D eigenvalue weighted by molar-refractivity contribution is 6.04. The van der Waals surface area contributed by atoms with Crippen LogP contribution in [0.5, 0.6) is 0 Å². The summed E-state index contributed by atoms with van der Waals surface area (Å²) >= 11 is 0. The molecule has 2 aliphatic carbocycles. The summed E-state index contributed by atoms with van der Waals surface area (Å²) in [5.74, 6) is 0.305. The zero-order valence-corrected chi connectivity index (χ0v) is 12.6. The van der Waals surface area contributed by atoms with Gasteiger partial charge in [0.1, 0.15) is 5.52 Å². The number of hydrogen-bond acceptors (Lipinski definition) is 4. The fourth-order valence-electron chi connectivity index (χ4n) is 3.27. The van der Waals surface area contributed by atoms with E-state index in [1.807, 2.05) is 0 Å². The Kier molecular flexibility index (Phi) is 2.97. The van der Waals surface area contributed by atoms with Crippen LogP contribution in [0.25, 0.3) is 11.2 Å². The molecule has 1 amide bonds. The molecule has 0 saturated heterocycles. The molecule has 2 heterocycles. The molecule has 2 saturated carbocycles. The van der Waals surface area contributed by atoms with E-state index >= 15 is 0 Å². The van der Waals surface area contributed by atoms with Crippen molar-refractivity contribution in [2.24, 2.45) is 0 Å². The maximum atomic E-state index is 12.6. The van der Waals surface area contributed by atoms with E-state index in [0.29, 0.717) is 22.6 Å². The Bertz CT molecular complexity index is 733. The summed E-state index contributed by atoms with van der Waals surface area (Å²) < 4.78 is 0. The summed E-state index contributed by atoms with van der Waals surface area (Å²) in [4.78, 5) is 24.5. The summed E-state index contributed by atoms with van der Waals surface area (Å²) in [7, 11) is 0. The number of carbonyl (C=O) groups excluding carboxylic acids is 1. The first-order chi connectivity index (χ1) is 10.5. The zero-order valence-electron chi connectivity index (χ0n) is 12.6. The number of aromatic nitrogens is 3. The second-order valence-electron chi connectivity index (χ2n) is 6.74. The third-order valence-electron chi connectivity index (χ3n) is 4.87. The number of fused-ring (bicyclic) bond motifs is 1. The Morgan fingerprint density at radius 1 is 1.45 bits per heavy atom. The quantitative estimate of drug-likeness (QED) is 0.807. The molecule has 2 fully saturated rings. The number of aromatic amines is 1. The minimum absolute atomic E-state index is 0.194. The van der Waals surface area contributed by atoms with Gasteiger partial charge in [-0.05, 0) is 39.0 Å². The lowest BCUT2D eigenvalue weighted by atomic mass is 10.0. The molecule has 0 unspecified atom stereocenters. The van der Waals surface area contributed by atoms with Crippen LogP contribution in [-0.4, -0.2) is 37.6 Å². The van der Waals surface area contributed by atoms with Crippen LogP contribution < -0.4 is 5.32 Å². The number of carbonyl (C=O) groups is 1. The molecule has 22 heavy (non-hydrogen) atoms. The van der Waals surface area contributed by atoms with Crippen molar-refractivity contribution in [1.82, 2.24) is 20.3 Å².